The minimum Gasteiger partial charge on any atom is -0.506 e. The first-order valence-electron chi connectivity index (χ1n) is 8.00. The highest BCUT2D eigenvalue weighted by Crippen LogP contribution is 2.35. The Bertz CT molecular complexity index is 1130. The number of aromatic hydroxyl groups is 1. The third-order valence-electron chi connectivity index (χ3n) is 4.63. The van der Waals surface area contributed by atoms with Crippen LogP contribution >= 0.6 is 11.3 Å². The smallest absolute Gasteiger partial charge is 0.221 e. The Balaban J connectivity index is 1.74. The normalized spacial score (nSPS) is 17.4. The molecule has 0 saturated heterocycles. The Morgan fingerprint density at radius 2 is 2.16 bits per heavy atom. The second-order valence-corrected chi connectivity index (χ2v) is 6.99. The summed E-state index contributed by atoms with van der Waals surface area (Å²) in [6, 6.07) is 9.20. The van der Waals surface area contributed by atoms with E-state index in [0.29, 0.717) is 18.5 Å². The molecular formula is C18H14N4O2S. The van der Waals surface area contributed by atoms with Crippen molar-refractivity contribution in [3.8, 4) is 5.75 Å². The lowest BCUT2D eigenvalue weighted by atomic mass is 9.95. The molecule has 2 N–H and O–H groups in total. The molecule has 7 heteroatoms. The van der Waals surface area contributed by atoms with E-state index in [9.17, 15) is 9.90 Å². The van der Waals surface area contributed by atoms with Crippen molar-refractivity contribution >= 4 is 33.1 Å². The van der Waals surface area contributed by atoms with Gasteiger partial charge in [-0.2, -0.15) is 0 Å². The molecule has 0 spiro atoms. The maximum absolute atomic E-state index is 12.2. The standard InChI is InChI=1S/C18H14N4O2S/c23-14-3-1-2-10-4-5-12(20-16(10)14)11-8-15(24)19-9-13-17(11)22-6-7-25-18(22)21-13/h1-7,11,23H,8-9H2,(H,19,24)/t11-/m0/s1. The molecule has 0 saturated carbocycles. The molecule has 1 atom stereocenters. The number of aromatic nitrogens is 3. The Labute approximate surface area is 146 Å². The molecule has 1 amide bonds. The van der Waals surface area contributed by atoms with Gasteiger partial charge in [-0.1, -0.05) is 18.2 Å². The number of thiazole rings is 1. The van der Waals surface area contributed by atoms with Crippen molar-refractivity contribution in [1.82, 2.24) is 19.7 Å². The Morgan fingerprint density at radius 1 is 1.24 bits per heavy atom. The second kappa shape index (κ2) is 5.29. The summed E-state index contributed by atoms with van der Waals surface area (Å²) in [5.41, 5.74) is 3.19. The summed E-state index contributed by atoms with van der Waals surface area (Å²) in [5, 5.41) is 15.9. The van der Waals surface area contributed by atoms with Crippen molar-refractivity contribution < 1.29 is 9.90 Å². The summed E-state index contributed by atoms with van der Waals surface area (Å²) in [6.45, 7) is 0.428. The molecule has 3 aromatic heterocycles. The number of hydrogen-bond donors (Lipinski definition) is 2. The molecule has 4 aromatic rings. The van der Waals surface area contributed by atoms with Crippen molar-refractivity contribution in [3.63, 3.8) is 0 Å². The van der Waals surface area contributed by atoms with E-state index in [0.717, 1.165) is 27.4 Å². The molecule has 0 unspecified atom stereocenters. The van der Waals surface area contributed by atoms with Gasteiger partial charge in [-0.3, -0.25) is 9.20 Å². The lowest BCUT2D eigenvalue weighted by molar-refractivity contribution is -0.121. The van der Waals surface area contributed by atoms with Gasteiger partial charge in [-0.05, 0) is 12.1 Å². The molecule has 0 fully saturated rings. The van der Waals surface area contributed by atoms with Gasteiger partial charge in [0.1, 0.15) is 11.3 Å². The molecule has 0 aliphatic carbocycles. The number of carbonyl (C=O) groups excluding carboxylic acids is 1. The van der Waals surface area contributed by atoms with Gasteiger partial charge in [0.25, 0.3) is 0 Å². The van der Waals surface area contributed by atoms with Gasteiger partial charge in [0.2, 0.25) is 5.91 Å². The third-order valence-corrected chi connectivity index (χ3v) is 5.38. The van der Waals surface area contributed by atoms with Crippen LogP contribution in [0.2, 0.25) is 0 Å². The molecule has 0 radical (unpaired) electrons. The summed E-state index contributed by atoms with van der Waals surface area (Å²) >= 11 is 1.57. The van der Waals surface area contributed by atoms with E-state index in [4.69, 9.17) is 0 Å². The van der Waals surface area contributed by atoms with E-state index < -0.39 is 0 Å². The van der Waals surface area contributed by atoms with Crippen molar-refractivity contribution in [1.29, 1.82) is 0 Å². The Hall–Kier alpha value is -2.93. The second-order valence-electron chi connectivity index (χ2n) is 6.12. The molecule has 124 valence electrons. The first-order chi connectivity index (χ1) is 12.2. The van der Waals surface area contributed by atoms with Gasteiger partial charge in [-0.15, -0.1) is 11.3 Å². The monoisotopic (exact) mass is 350 g/mol. The van der Waals surface area contributed by atoms with E-state index in [1.54, 1.807) is 23.5 Å². The summed E-state index contributed by atoms with van der Waals surface area (Å²) in [4.78, 5) is 22.5. The number of benzene rings is 1. The molecule has 5 rings (SSSR count). The zero-order valence-electron chi connectivity index (χ0n) is 13.1. The predicted octanol–water partition coefficient (Wildman–Crippen LogP) is 2.80. The fraction of sp³-hybridized carbons (Fsp3) is 0.167. The first kappa shape index (κ1) is 14.4. The maximum atomic E-state index is 12.2. The lowest BCUT2D eigenvalue weighted by Crippen LogP contribution is -2.21. The number of nitrogens with zero attached hydrogens (tertiary/aromatic N) is 3. The zero-order valence-corrected chi connectivity index (χ0v) is 14.0. The highest BCUT2D eigenvalue weighted by Gasteiger charge is 2.30. The number of amides is 1. The van der Waals surface area contributed by atoms with Gasteiger partial charge < -0.3 is 10.4 Å². The number of carbonyl (C=O) groups is 1. The number of fused-ring (bicyclic) bond motifs is 4. The number of phenols is 1. The average molecular weight is 350 g/mol. The molecular weight excluding hydrogens is 336 g/mol. The molecule has 1 aliphatic rings. The van der Waals surface area contributed by atoms with E-state index in [-0.39, 0.29) is 17.6 Å². The van der Waals surface area contributed by atoms with Crippen molar-refractivity contribution in [3.05, 3.63) is 59.0 Å². The van der Waals surface area contributed by atoms with Crippen LogP contribution in [0.5, 0.6) is 5.75 Å². The number of phenolic OH excluding ortho intramolecular Hbond substituents is 1. The number of pyridine rings is 1. The summed E-state index contributed by atoms with van der Waals surface area (Å²) in [5.74, 6) is -0.0797. The predicted molar refractivity (Wildman–Crippen MR) is 94.8 cm³/mol. The van der Waals surface area contributed by atoms with Crippen LogP contribution < -0.4 is 5.32 Å². The average Bonchev–Trinajstić information content (AvgIpc) is 3.15. The van der Waals surface area contributed by atoms with E-state index in [2.05, 4.69) is 15.3 Å². The largest absolute Gasteiger partial charge is 0.506 e. The fourth-order valence-corrected chi connectivity index (χ4v) is 4.21. The summed E-state index contributed by atoms with van der Waals surface area (Å²) < 4.78 is 2.04. The van der Waals surface area contributed by atoms with Gasteiger partial charge in [0.05, 0.1) is 29.5 Å². The number of rotatable bonds is 1. The maximum Gasteiger partial charge on any atom is 0.221 e. The molecule has 25 heavy (non-hydrogen) atoms. The van der Waals surface area contributed by atoms with Crippen LogP contribution in [0.1, 0.15) is 29.4 Å². The minimum atomic E-state index is -0.203. The van der Waals surface area contributed by atoms with Crippen LogP contribution in [0, 0.1) is 0 Å². The van der Waals surface area contributed by atoms with Crippen LogP contribution in [-0.2, 0) is 11.3 Å². The highest BCUT2D eigenvalue weighted by atomic mass is 32.1. The van der Waals surface area contributed by atoms with Crippen LogP contribution in [0.25, 0.3) is 15.9 Å². The van der Waals surface area contributed by atoms with E-state index in [1.165, 1.54) is 0 Å². The van der Waals surface area contributed by atoms with Crippen LogP contribution in [0.4, 0.5) is 0 Å². The number of nitrogens with one attached hydrogen (secondary N) is 1. The zero-order chi connectivity index (χ0) is 17.0. The number of hydrogen-bond acceptors (Lipinski definition) is 5. The molecule has 1 aliphatic heterocycles. The highest BCUT2D eigenvalue weighted by molar-refractivity contribution is 7.15. The van der Waals surface area contributed by atoms with E-state index in [1.807, 2.05) is 34.2 Å². The topological polar surface area (TPSA) is 79.5 Å². The summed E-state index contributed by atoms with van der Waals surface area (Å²) in [7, 11) is 0. The van der Waals surface area contributed by atoms with Crippen LogP contribution in [0.3, 0.4) is 0 Å². The van der Waals surface area contributed by atoms with Gasteiger partial charge >= 0.3 is 0 Å². The molecule has 0 bridgehead atoms. The molecule has 4 heterocycles. The van der Waals surface area contributed by atoms with Crippen molar-refractivity contribution in [2.24, 2.45) is 0 Å². The van der Waals surface area contributed by atoms with Gasteiger partial charge in [-0.25, -0.2) is 9.97 Å². The SMILES string of the molecule is O=C1C[C@@H](c2ccc3cccc(O)c3n2)c2c(nc3sccn23)CN1. The van der Waals surface area contributed by atoms with Gasteiger partial charge in [0.15, 0.2) is 4.96 Å². The lowest BCUT2D eigenvalue weighted by Gasteiger charge is -2.15. The van der Waals surface area contributed by atoms with Crippen LogP contribution in [-0.4, -0.2) is 25.4 Å². The Morgan fingerprint density at radius 3 is 3.08 bits per heavy atom. The minimum absolute atomic E-state index is 0.0221. The Kier molecular flexibility index (Phi) is 3.05. The quantitative estimate of drug-likeness (QED) is 0.553. The van der Waals surface area contributed by atoms with E-state index >= 15 is 0 Å². The molecule has 6 nitrogen and oxygen atoms in total. The number of imidazole rings is 1. The van der Waals surface area contributed by atoms with Crippen molar-refractivity contribution in [2.45, 2.75) is 18.9 Å². The molecule has 1 aromatic carbocycles. The fourth-order valence-electron chi connectivity index (χ4n) is 3.47. The van der Waals surface area contributed by atoms with Crippen LogP contribution in [0.15, 0.2) is 41.9 Å². The number of para-hydroxylation sites is 1. The third kappa shape index (κ3) is 2.20. The van der Waals surface area contributed by atoms with Gasteiger partial charge in [0, 0.05) is 23.4 Å². The van der Waals surface area contributed by atoms with Crippen molar-refractivity contribution in [2.75, 3.05) is 0 Å². The first-order valence-corrected chi connectivity index (χ1v) is 8.88. The summed E-state index contributed by atoms with van der Waals surface area (Å²) in [6.07, 6.45) is 2.29.